The monoisotopic (exact) mass is 253 g/mol. The number of fused-ring (bicyclic) bond motifs is 2. The number of ether oxygens (including phenoxy) is 1. The number of hydrogen-bond donors (Lipinski definition) is 0. The molecular formula is C15H27NO2. The van der Waals surface area contributed by atoms with Crippen molar-refractivity contribution < 1.29 is 9.53 Å². The maximum Gasteiger partial charge on any atom is 0.410 e. The van der Waals surface area contributed by atoms with Crippen LogP contribution in [0.4, 0.5) is 4.79 Å². The number of piperidine rings is 1. The first-order valence-corrected chi connectivity index (χ1v) is 7.58. The van der Waals surface area contributed by atoms with Gasteiger partial charge in [-0.25, -0.2) is 4.79 Å². The Labute approximate surface area is 111 Å². The third kappa shape index (κ3) is 2.81. The Morgan fingerprint density at radius 2 is 1.89 bits per heavy atom. The van der Waals surface area contributed by atoms with Crippen molar-refractivity contribution in [3.05, 3.63) is 0 Å². The number of carbonyl (C=O) groups excluding carboxylic acids is 1. The van der Waals surface area contributed by atoms with Crippen molar-refractivity contribution in [2.24, 2.45) is 11.8 Å². The lowest BCUT2D eigenvalue weighted by Gasteiger charge is -2.39. The van der Waals surface area contributed by atoms with Gasteiger partial charge in [0.25, 0.3) is 0 Å². The van der Waals surface area contributed by atoms with E-state index in [-0.39, 0.29) is 6.09 Å². The van der Waals surface area contributed by atoms with E-state index < -0.39 is 0 Å². The molecule has 0 saturated carbocycles. The fraction of sp³-hybridized carbons (Fsp3) is 0.933. The Hall–Kier alpha value is -0.730. The molecule has 2 atom stereocenters. The second-order valence-corrected chi connectivity index (χ2v) is 6.24. The highest BCUT2D eigenvalue weighted by atomic mass is 16.6. The molecular weight excluding hydrogens is 226 g/mol. The van der Waals surface area contributed by atoms with Gasteiger partial charge in [0.05, 0.1) is 6.61 Å². The molecule has 2 heterocycles. The van der Waals surface area contributed by atoms with E-state index in [9.17, 15) is 4.79 Å². The molecule has 2 aliphatic heterocycles. The van der Waals surface area contributed by atoms with Gasteiger partial charge in [0.1, 0.15) is 0 Å². The highest BCUT2D eigenvalue weighted by molar-refractivity contribution is 5.69. The van der Waals surface area contributed by atoms with Crippen molar-refractivity contribution in [1.29, 1.82) is 0 Å². The van der Waals surface area contributed by atoms with Gasteiger partial charge in [0, 0.05) is 12.1 Å². The maximum absolute atomic E-state index is 12.1. The van der Waals surface area contributed by atoms with Crippen LogP contribution in [-0.2, 0) is 4.74 Å². The van der Waals surface area contributed by atoms with Crippen molar-refractivity contribution >= 4 is 6.09 Å². The molecule has 2 aliphatic rings. The minimum atomic E-state index is -0.0573. The zero-order chi connectivity index (χ0) is 13.1. The summed E-state index contributed by atoms with van der Waals surface area (Å²) in [6, 6.07) is 0.899. The number of nitrogens with zero attached hydrogens (tertiary/aromatic N) is 1. The SMILES string of the molecule is CCCCOC(=O)N1C2CCC1CC(C(C)C)C2. The quantitative estimate of drug-likeness (QED) is 0.713. The number of hydrogen-bond acceptors (Lipinski definition) is 2. The lowest BCUT2D eigenvalue weighted by atomic mass is 9.83. The van der Waals surface area contributed by atoms with Crippen LogP contribution in [0.25, 0.3) is 0 Å². The third-order valence-corrected chi connectivity index (χ3v) is 4.65. The van der Waals surface area contributed by atoms with Crippen molar-refractivity contribution in [3.8, 4) is 0 Å². The van der Waals surface area contributed by atoms with Crippen LogP contribution in [0.3, 0.4) is 0 Å². The normalized spacial score (nSPS) is 30.9. The lowest BCUT2D eigenvalue weighted by molar-refractivity contribution is 0.0496. The van der Waals surface area contributed by atoms with Gasteiger partial charge in [-0.2, -0.15) is 0 Å². The van der Waals surface area contributed by atoms with Gasteiger partial charge in [0.15, 0.2) is 0 Å². The van der Waals surface area contributed by atoms with Crippen molar-refractivity contribution in [2.75, 3.05) is 6.61 Å². The molecule has 104 valence electrons. The van der Waals surface area contributed by atoms with Gasteiger partial charge in [0.2, 0.25) is 0 Å². The van der Waals surface area contributed by atoms with E-state index >= 15 is 0 Å². The molecule has 2 fully saturated rings. The largest absolute Gasteiger partial charge is 0.449 e. The third-order valence-electron chi connectivity index (χ3n) is 4.65. The average molecular weight is 253 g/mol. The summed E-state index contributed by atoms with van der Waals surface area (Å²) in [5, 5.41) is 0. The molecule has 1 amide bonds. The first kappa shape index (κ1) is 13.7. The summed E-state index contributed by atoms with van der Waals surface area (Å²) in [7, 11) is 0. The van der Waals surface area contributed by atoms with Crippen LogP contribution in [0.1, 0.15) is 59.3 Å². The zero-order valence-electron chi connectivity index (χ0n) is 12.0. The van der Waals surface area contributed by atoms with E-state index in [1.165, 1.54) is 25.7 Å². The summed E-state index contributed by atoms with van der Waals surface area (Å²) in [6.07, 6.45) is 6.71. The van der Waals surface area contributed by atoms with Crippen LogP contribution in [0, 0.1) is 11.8 Å². The summed E-state index contributed by atoms with van der Waals surface area (Å²) in [5.74, 6) is 1.54. The molecule has 2 bridgehead atoms. The van der Waals surface area contributed by atoms with Gasteiger partial charge in [-0.1, -0.05) is 27.2 Å². The summed E-state index contributed by atoms with van der Waals surface area (Å²) in [4.78, 5) is 14.2. The van der Waals surface area contributed by atoms with E-state index in [1.807, 2.05) is 0 Å². The number of unbranched alkanes of at least 4 members (excludes halogenated alkanes) is 1. The molecule has 2 unspecified atom stereocenters. The molecule has 18 heavy (non-hydrogen) atoms. The van der Waals surface area contributed by atoms with E-state index in [1.54, 1.807) is 0 Å². The lowest BCUT2D eigenvalue weighted by Crippen LogP contribution is -2.47. The number of carbonyl (C=O) groups is 1. The second kappa shape index (κ2) is 5.94. The van der Waals surface area contributed by atoms with Gasteiger partial charge in [-0.05, 0) is 43.9 Å². The van der Waals surface area contributed by atoms with Gasteiger partial charge >= 0.3 is 6.09 Å². The Bertz CT molecular complexity index is 276. The highest BCUT2D eigenvalue weighted by Gasteiger charge is 2.44. The molecule has 0 aromatic carbocycles. The van der Waals surface area contributed by atoms with E-state index in [0.717, 1.165) is 24.7 Å². The molecule has 0 spiro atoms. The fourth-order valence-corrected chi connectivity index (χ4v) is 3.44. The van der Waals surface area contributed by atoms with E-state index in [4.69, 9.17) is 4.74 Å². The van der Waals surface area contributed by atoms with Gasteiger partial charge in [-0.15, -0.1) is 0 Å². The van der Waals surface area contributed by atoms with Crippen LogP contribution in [0.2, 0.25) is 0 Å². The summed E-state index contributed by atoms with van der Waals surface area (Å²) < 4.78 is 5.39. The number of rotatable bonds is 4. The first-order valence-electron chi connectivity index (χ1n) is 7.58. The summed E-state index contributed by atoms with van der Waals surface area (Å²) in [6.45, 7) is 7.31. The smallest absolute Gasteiger partial charge is 0.410 e. The minimum Gasteiger partial charge on any atom is -0.449 e. The topological polar surface area (TPSA) is 29.5 Å². The second-order valence-electron chi connectivity index (χ2n) is 6.24. The Kier molecular flexibility index (Phi) is 4.52. The van der Waals surface area contributed by atoms with Crippen molar-refractivity contribution in [1.82, 2.24) is 4.90 Å². The molecule has 2 rings (SSSR count). The standard InChI is InChI=1S/C15H27NO2/c1-4-5-8-18-15(17)16-13-6-7-14(16)10-12(9-13)11(2)3/h11-14H,4-10H2,1-3H3. The Balaban J connectivity index is 1.90. The molecule has 2 saturated heterocycles. The molecule has 3 heteroatoms. The van der Waals surface area contributed by atoms with Crippen LogP contribution >= 0.6 is 0 Å². The van der Waals surface area contributed by atoms with E-state index in [0.29, 0.717) is 18.7 Å². The molecule has 0 aliphatic carbocycles. The number of amides is 1. The van der Waals surface area contributed by atoms with Crippen LogP contribution < -0.4 is 0 Å². The summed E-state index contributed by atoms with van der Waals surface area (Å²) in [5.41, 5.74) is 0. The average Bonchev–Trinajstić information content (AvgIpc) is 2.60. The maximum atomic E-state index is 12.1. The van der Waals surface area contributed by atoms with Gasteiger partial charge in [-0.3, -0.25) is 0 Å². The highest BCUT2D eigenvalue weighted by Crippen LogP contribution is 2.41. The predicted octanol–water partition coefficient (Wildman–Crippen LogP) is 3.82. The Morgan fingerprint density at radius 3 is 2.39 bits per heavy atom. The van der Waals surface area contributed by atoms with Crippen LogP contribution in [0.15, 0.2) is 0 Å². The van der Waals surface area contributed by atoms with Crippen LogP contribution in [-0.4, -0.2) is 29.7 Å². The minimum absolute atomic E-state index is 0.0573. The molecule has 0 aromatic rings. The zero-order valence-corrected chi connectivity index (χ0v) is 12.0. The van der Waals surface area contributed by atoms with Crippen LogP contribution in [0.5, 0.6) is 0 Å². The fourth-order valence-electron chi connectivity index (χ4n) is 3.44. The predicted molar refractivity (Wildman–Crippen MR) is 72.5 cm³/mol. The summed E-state index contributed by atoms with van der Waals surface area (Å²) >= 11 is 0. The first-order chi connectivity index (χ1) is 8.63. The Morgan fingerprint density at radius 1 is 1.28 bits per heavy atom. The van der Waals surface area contributed by atoms with Crippen molar-refractivity contribution in [2.45, 2.75) is 71.4 Å². The van der Waals surface area contributed by atoms with E-state index in [2.05, 4.69) is 25.7 Å². The molecule has 0 aromatic heterocycles. The van der Waals surface area contributed by atoms with Gasteiger partial charge < -0.3 is 9.64 Å². The van der Waals surface area contributed by atoms with Crippen molar-refractivity contribution in [3.63, 3.8) is 0 Å². The molecule has 0 N–H and O–H groups in total. The molecule has 3 nitrogen and oxygen atoms in total. The molecule has 0 radical (unpaired) electrons.